The minimum absolute atomic E-state index is 0.107. The van der Waals surface area contributed by atoms with Crippen LogP contribution in [0, 0.1) is 11.6 Å². The van der Waals surface area contributed by atoms with E-state index in [0.29, 0.717) is 6.54 Å². The summed E-state index contributed by atoms with van der Waals surface area (Å²) < 4.78 is 31.5. The van der Waals surface area contributed by atoms with E-state index in [0.717, 1.165) is 11.1 Å². The van der Waals surface area contributed by atoms with Crippen LogP contribution in [0.1, 0.15) is 24.1 Å². The first-order valence-electron chi connectivity index (χ1n) is 6.79. The summed E-state index contributed by atoms with van der Waals surface area (Å²) in [5.74, 6) is -0.364. The number of rotatable bonds is 5. The lowest BCUT2D eigenvalue weighted by molar-refractivity contribution is 0.252. The molecule has 0 aliphatic rings. The van der Waals surface area contributed by atoms with Gasteiger partial charge in [-0.2, -0.15) is 0 Å². The Morgan fingerprint density at radius 1 is 1.10 bits per heavy atom. The molecule has 21 heavy (non-hydrogen) atoms. The van der Waals surface area contributed by atoms with E-state index in [1.54, 1.807) is 18.2 Å². The van der Waals surface area contributed by atoms with Crippen molar-refractivity contribution in [2.45, 2.75) is 19.5 Å². The fourth-order valence-electron chi connectivity index (χ4n) is 2.23. The van der Waals surface area contributed by atoms with E-state index in [1.807, 2.05) is 20.0 Å². The first-order valence-corrected chi connectivity index (χ1v) is 6.79. The molecule has 2 aromatic rings. The fraction of sp³-hybridized carbons (Fsp3) is 0.294. The molecule has 0 radical (unpaired) electrons. The number of hydrogen-bond acceptors (Lipinski definition) is 2. The minimum atomic E-state index is -0.363. The lowest BCUT2D eigenvalue weighted by Gasteiger charge is -2.25. The third kappa shape index (κ3) is 3.79. The molecule has 2 aromatic carbocycles. The van der Waals surface area contributed by atoms with Crippen LogP contribution < -0.4 is 4.74 Å². The molecule has 1 unspecified atom stereocenters. The Balaban J connectivity index is 2.08. The van der Waals surface area contributed by atoms with E-state index in [4.69, 9.17) is 4.74 Å². The average molecular weight is 291 g/mol. The van der Waals surface area contributed by atoms with Gasteiger partial charge in [0.1, 0.15) is 5.82 Å². The van der Waals surface area contributed by atoms with Crippen molar-refractivity contribution in [3.05, 3.63) is 65.2 Å². The third-order valence-corrected chi connectivity index (χ3v) is 3.66. The van der Waals surface area contributed by atoms with Crippen LogP contribution in [0.4, 0.5) is 8.78 Å². The second-order valence-electron chi connectivity index (χ2n) is 5.11. The van der Waals surface area contributed by atoms with Gasteiger partial charge in [-0.1, -0.05) is 18.2 Å². The molecule has 112 valence electrons. The SMILES string of the molecule is COc1ccc(CN(C)C(C)c2ccc(F)cc2)cc1F. The van der Waals surface area contributed by atoms with Crippen LogP contribution in [-0.2, 0) is 6.54 Å². The number of nitrogens with zero attached hydrogens (tertiary/aromatic N) is 1. The predicted octanol–water partition coefficient (Wildman–Crippen LogP) is 4.17. The number of benzene rings is 2. The van der Waals surface area contributed by atoms with Crippen LogP contribution in [0.15, 0.2) is 42.5 Å². The lowest BCUT2D eigenvalue weighted by Crippen LogP contribution is -2.22. The maximum atomic E-state index is 13.7. The Morgan fingerprint density at radius 2 is 1.76 bits per heavy atom. The summed E-state index contributed by atoms with van der Waals surface area (Å²) in [6.07, 6.45) is 0. The van der Waals surface area contributed by atoms with Crippen molar-refractivity contribution in [1.82, 2.24) is 4.90 Å². The van der Waals surface area contributed by atoms with Gasteiger partial charge in [0.15, 0.2) is 11.6 Å². The van der Waals surface area contributed by atoms with Gasteiger partial charge in [0.05, 0.1) is 7.11 Å². The molecule has 0 N–H and O–H groups in total. The summed E-state index contributed by atoms with van der Waals surface area (Å²) in [7, 11) is 3.40. The number of halogens is 2. The Kier molecular flexibility index (Phi) is 4.91. The molecule has 2 nitrogen and oxygen atoms in total. The molecule has 0 aliphatic carbocycles. The van der Waals surface area contributed by atoms with E-state index in [-0.39, 0.29) is 23.4 Å². The van der Waals surface area contributed by atoms with Gasteiger partial charge < -0.3 is 4.74 Å². The van der Waals surface area contributed by atoms with E-state index < -0.39 is 0 Å². The highest BCUT2D eigenvalue weighted by Gasteiger charge is 2.13. The molecule has 0 aromatic heterocycles. The second kappa shape index (κ2) is 6.68. The Labute approximate surface area is 124 Å². The van der Waals surface area contributed by atoms with Gasteiger partial charge >= 0.3 is 0 Å². The van der Waals surface area contributed by atoms with E-state index in [2.05, 4.69) is 4.90 Å². The Hall–Kier alpha value is -1.94. The van der Waals surface area contributed by atoms with Crippen molar-refractivity contribution in [1.29, 1.82) is 0 Å². The highest BCUT2D eigenvalue weighted by molar-refractivity contribution is 5.29. The highest BCUT2D eigenvalue weighted by Crippen LogP contribution is 2.23. The molecule has 0 aliphatic heterocycles. The maximum Gasteiger partial charge on any atom is 0.165 e. The van der Waals surface area contributed by atoms with Crippen molar-refractivity contribution in [3.63, 3.8) is 0 Å². The zero-order valence-corrected chi connectivity index (χ0v) is 12.4. The van der Waals surface area contributed by atoms with Crippen molar-refractivity contribution in [3.8, 4) is 5.75 Å². The van der Waals surface area contributed by atoms with Crippen LogP contribution in [0.5, 0.6) is 5.75 Å². The molecule has 0 bridgehead atoms. The van der Waals surface area contributed by atoms with Crippen molar-refractivity contribution < 1.29 is 13.5 Å². The molecule has 0 saturated carbocycles. The molecule has 0 heterocycles. The third-order valence-electron chi connectivity index (χ3n) is 3.66. The number of ether oxygens (including phenoxy) is 1. The van der Waals surface area contributed by atoms with Crippen LogP contribution in [-0.4, -0.2) is 19.1 Å². The topological polar surface area (TPSA) is 12.5 Å². The van der Waals surface area contributed by atoms with Crippen molar-refractivity contribution in [2.24, 2.45) is 0 Å². The standard InChI is InChI=1S/C17H19F2NO/c1-12(14-5-7-15(18)8-6-14)20(2)11-13-4-9-17(21-3)16(19)10-13/h4-10,12H,11H2,1-3H3. The summed E-state index contributed by atoms with van der Waals surface area (Å²) in [6, 6.07) is 11.5. The molecule has 0 saturated heterocycles. The quantitative estimate of drug-likeness (QED) is 0.820. The van der Waals surface area contributed by atoms with Gasteiger partial charge in [0, 0.05) is 12.6 Å². The van der Waals surface area contributed by atoms with Gasteiger partial charge in [-0.3, -0.25) is 4.90 Å². The first-order chi connectivity index (χ1) is 10.0. The summed E-state index contributed by atoms with van der Waals surface area (Å²) in [6.45, 7) is 2.63. The van der Waals surface area contributed by atoms with Gasteiger partial charge in [0.2, 0.25) is 0 Å². The molecule has 2 rings (SSSR count). The van der Waals surface area contributed by atoms with Crippen molar-refractivity contribution >= 4 is 0 Å². The zero-order valence-electron chi connectivity index (χ0n) is 12.4. The molecule has 0 amide bonds. The predicted molar refractivity (Wildman–Crippen MR) is 79.2 cm³/mol. The van der Waals surface area contributed by atoms with E-state index in [1.165, 1.54) is 25.3 Å². The highest BCUT2D eigenvalue weighted by atomic mass is 19.1. The average Bonchev–Trinajstić information content (AvgIpc) is 2.47. The minimum Gasteiger partial charge on any atom is -0.494 e. The van der Waals surface area contributed by atoms with Crippen LogP contribution >= 0.6 is 0 Å². The van der Waals surface area contributed by atoms with Crippen LogP contribution in [0.25, 0.3) is 0 Å². The summed E-state index contributed by atoms with van der Waals surface area (Å²) in [4.78, 5) is 2.08. The molecule has 0 spiro atoms. The molecule has 0 fully saturated rings. The van der Waals surface area contributed by atoms with Crippen LogP contribution in [0.3, 0.4) is 0 Å². The van der Waals surface area contributed by atoms with Crippen LogP contribution in [0.2, 0.25) is 0 Å². The smallest absolute Gasteiger partial charge is 0.165 e. The zero-order chi connectivity index (χ0) is 15.4. The molecular weight excluding hydrogens is 272 g/mol. The summed E-state index contributed by atoms with van der Waals surface area (Å²) >= 11 is 0. The first kappa shape index (κ1) is 15.4. The molecular formula is C17H19F2NO. The maximum absolute atomic E-state index is 13.7. The van der Waals surface area contributed by atoms with Crippen molar-refractivity contribution in [2.75, 3.05) is 14.2 Å². The van der Waals surface area contributed by atoms with E-state index >= 15 is 0 Å². The Morgan fingerprint density at radius 3 is 2.33 bits per heavy atom. The van der Waals surface area contributed by atoms with Gasteiger partial charge in [-0.15, -0.1) is 0 Å². The number of methoxy groups -OCH3 is 1. The lowest BCUT2D eigenvalue weighted by atomic mass is 10.1. The van der Waals surface area contributed by atoms with E-state index in [9.17, 15) is 8.78 Å². The largest absolute Gasteiger partial charge is 0.494 e. The van der Waals surface area contributed by atoms with Gasteiger partial charge in [0.25, 0.3) is 0 Å². The second-order valence-corrected chi connectivity index (χ2v) is 5.11. The molecule has 4 heteroatoms. The fourth-order valence-corrected chi connectivity index (χ4v) is 2.23. The summed E-state index contributed by atoms with van der Waals surface area (Å²) in [5.41, 5.74) is 1.89. The monoisotopic (exact) mass is 291 g/mol. The normalized spacial score (nSPS) is 12.5. The molecule has 1 atom stereocenters. The Bertz CT molecular complexity index is 598. The number of hydrogen-bond donors (Lipinski definition) is 0. The van der Waals surface area contributed by atoms with Gasteiger partial charge in [-0.05, 0) is 49.4 Å². The summed E-state index contributed by atoms with van der Waals surface area (Å²) in [5, 5.41) is 0. The van der Waals surface area contributed by atoms with Gasteiger partial charge in [-0.25, -0.2) is 8.78 Å².